The largest absolute Gasteiger partial charge is 0.495 e. The first-order valence-electron chi connectivity index (χ1n) is 9.08. The van der Waals surface area contributed by atoms with Crippen molar-refractivity contribution in [3.63, 3.8) is 0 Å². The van der Waals surface area contributed by atoms with Gasteiger partial charge in [0.25, 0.3) is 5.91 Å². The minimum absolute atomic E-state index is 0.0835. The lowest BCUT2D eigenvalue weighted by atomic mass is 10.0. The first-order chi connectivity index (χ1) is 14.9. The number of hydrogen-bond acceptors (Lipinski definition) is 5. The quantitative estimate of drug-likeness (QED) is 0.553. The molecule has 0 spiro atoms. The van der Waals surface area contributed by atoms with Crippen LogP contribution in [0.2, 0.25) is 5.02 Å². The molecule has 3 aromatic rings. The monoisotopic (exact) mass is 442 g/mol. The molecule has 0 fully saturated rings. The van der Waals surface area contributed by atoms with Crippen molar-refractivity contribution in [2.75, 3.05) is 17.7 Å². The highest BCUT2D eigenvalue weighted by Crippen LogP contribution is 2.34. The number of amides is 1. The second-order valence-electron chi connectivity index (χ2n) is 6.63. The topological polar surface area (TPSA) is 105 Å². The number of hydrogen-bond donors (Lipinski definition) is 3. The maximum atomic E-state index is 14.4. The van der Waals surface area contributed by atoms with Gasteiger partial charge >= 0.3 is 5.97 Å². The number of carbonyl (C=O) groups is 2. The van der Waals surface area contributed by atoms with Crippen LogP contribution in [-0.2, 0) is 4.79 Å². The molecule has 1 amide bonds. The fraction of sp³-hybridized carbons (Fsp3) is 0.0952. The highest BCUT2D eigenvalue weighted by molar-refractivity contribution is 6.32. The zero-order valence-electron chi connectivity index (χ0n) is 16.1. The lowest BCUT2D eigenvalue weighted by molar-refractivity contribution is -0.132. The highest BCUT2D eigenvalue weighted by atomic mass is 35.5. The van der Waals surface area contributed by atoms with Gasteiger partial charge < -0.3 is 20.5 Å². The van der Waals surface area contributed by atoms with Gasteiger partial charge in [-0.3, -0.25) is 4.79 Å². The number of allylic oxidation sites excluding steroid dienone is 1. The Morgan fingerprint density at radius 3 is 2.74 bits per heavy atom. The maximum absolute atomic E-state index is 14.4. The second kappa shape index (κ2) is 8.11. The van der Waals surface area contributed by atoms with Crippen LogP contribution in [0.5, 0.6) is 5.75 Å². The Balaban J connectivity index is 1.70. The van der Waals surface area contributed by atoms with E-state index in [4.69, 9.17) is 16.3 Å². The molecule has 158 valence electrons. The fourth-order valence-electron chi connectivity index (χ4n) is 3.27. The van der Waals surface area contributed by atoms with Crippen LogP contribution in [0.25, 0.3) is 0 Å². The van der Waals surface area contributed by atoms with Crippen molar-refractivity contribution >= 4 is 35.0 Å². The van der Waals surface area contributed by atoms with Gasteiger partial charge in [0, 0.05) is 11.3 Å². The summed E-state index contributed by atoms with van der Waals surface area (Å²) in [6.45, 7) is 0. The SMILES string of the molecule is COc1ccc(NC(=O)c2cnn3c2NC(C(=O)O)=C[C@H]3c2ccccc2F)cc1Cl. The van der Waals surface area contributed by atoms with Crippen molar-refractivity contribution in [2.24, 2.45) is 0 Å². The predicted octanol–water partition coefficient (Wildman–Crippen LogP) is 3.92. The molecule has 1 aliphatic heterocycles. The van der Waals surface area contributed by atoms with E-state index >= 15 is 0 Å². The number of carboxylic acid groups (broad SMARTS) is 1. The van der Waals surface area contributed by atoms with E-state index in [-0.39, 0.29) is 22.6 Å². The minimum atomic E-state index is -1.25. The van der Waals surface area contributed by atoms with E-state index in [1.54, 1.807) is 18.2 Å². The Labute approximate surface area is 180 Å². The van der Waals surface area contributed by atoms with E-state index in [1.165, 1.54) is 48.3 Å². The number of anilines is 2. The van der Waals surface area contributed by atoms with Crippen LogP contribution in [-0.4, -0.2) is 33.9 Å². The van der Waals surface area contributed by atoms with Gasteiger partial charge in [0.05, 0.1) is 18.3 Å². The number of methoxy groups -OCH3 is 1. The van der Waals surface area contributed by atoms with E-state index in [2.05, 4.69) is 15.7 Å². The summed E-state index contributed by atoms with van der Waals surface area (Å²) in [5.74, 6) is -1.73. The number of carbonyl (C=O) groups excluding carboxylic acids is 1. The molecule has 4 rings (SSSR count). The van der Waals surface area contributed by atoms with E-state index in [1.807, 2.05) is 0 Å². The Kier molecular flexibility index (Phi) is 5.35. The van der Waals surface area contributed by atoms with Crippen molar-refractivity contribution in [1.29, 1.82) is 0 Å². The Bertz CT molecular complexity index is 1220. The second-order valence-corrected chi connectivity index (χ2v) is 7.04. The number of rotatable bonds is 5. The smallest absolute Gasteiger partial charge is 0.352 e. The molecule has 31 heavy (non-hydrogen) atoms. The maximum Gasteiger partial charge on any atom is 0.352 e. The summed E-state index contributed by atoms with van der Waals surface area (Å²) in [5, 5.41) is 19.4. The molecule has 0 unspecified atom stereocenters. The Hall–Kier alpha value is -3.85. The van der Waals surface area contributed by atoms with Gasteiger partial charge in [-0.2, -0.15) is 5.10 Å². The third-order valence-electron chi connectivity index (χ3n) is 4.75. The highest BCUT2D eigenvalue weighted by Gasteiger charge is 2.30. The van der Waals surface area contributed by atoms with Gasteiger partial charge in [-0.05, 0) is 30.3 Å². The van der Waals surface area contributed by atoms with Crippen molar-refractivity contribution in [2.45, 2.75) is 6.04 Å². The molecule has 8 nitrogen and oxygen atoms in total. The van der Waals surface area contributed by atoms with Crippen LogP contribution < -0.4 is 15.4 Å². The van der Waals surface area contributed by atoms with E-state index in [0.717, 1.165) is 0 Å². The van der Waals surface area contributed by atoms with Gasteiger partial charge in [0.2, 0.25) is 0 Å². The molecule has 10 heteroatoms. The summed E-state index contributed by atoms with van der Waals surface area (Å²) in [6.07, 6.45) is 2.63. The average molecular weight is 443 g/mol. The molecular weight excluding hydrogens is 427 g/mol. The summed E-state index contributed by atoms with van der Waals surface area (Å²) in [5.41, 5.74) is 0.523. The summed E-state index contributed by atoms with van der Waals surface area (Å²) in [6, 6.07) is 9.86. The molecule has 0 saturated carbocycles. The van der Waals surface area contributed by atoms with Crippen LogP contribution in [0.3, 0.4) is 0 Å². The van der Waals surface area contributed by atoms with Gasteiger partial charge in [0.15, 0.2) is 0 Å². The third kappa shape index (κ3) is 3.82. The molecule has 0 saturated heterocycles. The zero-order valence-corrected chi connectivity index (χ0v) is 16.9. The van der Waals surface area contributed by atoms with E-state index < -0.39 is 23.7 Å². The van der Waals surface area contributed by atoms with E-state index in [0.29, 0.717) is 16.5 Å². The number of aliphatic carboxylic acids is 1. The molecular formula is C21H16ClFN4O4. The lowest BCUT2D eigenvalue weighted by Gasteiger charge is -2.24. The van der Waals surface area contributed by atoms with Crippen molar-refractivity contribution < 1.29 is 23.8 Å². The molecule has 0 bridgehead atoms. The number of aromatic nitrogens is 2. The number of nitrogens with zero attached hydrogens (tertiary/aromatic N) is 2. The molecule has 0 aliphatic carbocycles. The number of fused-ring (bicyclic) bond motifs is 1. The molecule has 1 atom stereocenters. The first-order valence-corrected chi connectivity index (χ1v) is 9.45. The number of halogens is 2. The van der Waals surface area contributed by atoms with Crippen LogP contribution in [0.1, 0.15) is 22.0 Å². The minimum Gasteiger partial charge on any atom is -0.495 e. The first kappa shape index (κ1) is 20.4. The number of nitrogens with one attached hydrogen (secondary N) is 2. The Morgan fingerprint density at radius 2 is 2.06 bits per heavy atom. The summed E-state index contributed by atoms with van der Waals surface area (Å²) < 4.78 is 20.9. The number of carboxylic acids is 1. The summed E-state index contributed by atoms with van der Waals surface area (Å²) in [7, 11) is 1.48. The third-order valence-corrected chi connectivity index (χ3v) is 5.04. The molecule has 3 N–H and O–H groups in total. The van der Waals surface area contributed by atoms with E-state index in [9.17, 15) is 19.1 Å². The number of benzene rings is 2. The average Bonchev–Trinajstić information content (AvgIpc) is 3.18. The summed E-state index contributed by atoms with van der Waals surface area (Å²) in [4.78, 5) is 24.5. The van der Waals surface area contributed by atoms with Crippen molar-refractivity contribution in [1.82, 2.24) is 9.78 Å². The van der Waals surface area contributed by atoms with Crippen molar-refractivity contribution in [3.05, 3.63) is 82.4 Å². The molecule has 1 aromatic heterocycles. The van der Waals surface area contributed by atoms with Crippen molar-refractivity contribution in [3.8, 4) is 5.75 Å². The van der Waals surface area contributed by atoms with Gasteiger partial charge in [-0.1, -0.05) is 29.8 Å². The summed E-state index contributed by atoms with van der Waals surface area (Å²) >= 11 is 6.10. The number of ether oxygens (including phenoxy) is 1. The zero-order chi connectivity index (χ0) is 22.1. The fourth-order valence-corrected chi connectivity index (χ4v) is 3.52. The lowest BCUT2D eigenvalue weighted by Crippen LogP contribution is -2.26. The molecule has 1 aliphatic rings. The van der Waals surface area contributed by atoms with Gasteiger partial charge in [-0.15, -0.1) is 0 Å². The standard InChI is InChI=1S/C21H16ClFN4O4/c1-31-18-7-6-11(8-14(18)22)25-20(28)13-10-24-27-17(12-4-2-3-5-15(12)23)9-16(21(29)30)26-19(13)27/h2-10,17,26H,1H3,(H,25,28)(H,29,30)/t17-/m0/s1. The molecule has 2 heterocycles. The normalized spacial score (nSPS) is 14.8. The van der Waals surface area contributed by atoms with Gasteiger partial charge in [0.1, 0.15) is 34.7 Å². The molecule has 0 radical (unpaired) electrons. The predicted molar refractivity (Wildman–Crippen MR) is 112 cm³/mol. The Morgan fingerprint density at radius 1 is 1.29 bits per heavy atom. The van der Waals surface area contributed by atoms with Crippen LogP contribution in [0.15, 0.2) is 60.4 Å². The van der Waals surface area contributed by atoms with Crippen LogP contribution in [0, 0.1) is 5.82 Å². The van der Waals surface area contributed by atoms with Crippen LogP contribution in [0.4, 0.5) is 15.9 Å². The van der Waals surface area contributed by atoms with Crippen LogP contribution >= 0.6 is 11.6 Å². The molecule has 2 aromatic carbocycles. The van der Waals surface area contributed by atoms with Gasteiger partial charge in [-0.25, -0.2) is 13.9 Å².